The lowest BCUT2D eigenvalue weighted by molar-refractivity contribution is 0.0584. The van der Waals surface area contributed by atoms with E-state index in [1.165, 1.54) is 109 Å². The van der Waals surface area contributed by atoms with Gasteiger partial charge in [0.15, 0.2) is 0 Å². The number of hydrogen-bond donors (Lipinski definition) is 0. The molecule has 1 atom stereocenters. The van der Waals surface area contributed by atoms with Gasteiger partial charge in [0.2, 0.25) is 0 Å². The normalized spacial score (nSPS) is 28.0. The van der Waals surface area contributed by atoms with Crippen LogP contribution in [0.4, 0.5) is 0 Å². The molecule has 0 aromatic carbocycles. The summed E-state index contributed by atoms with van der Waals surface area (Å²) in [7, 11) is -1.28. The van der Waals surface area contributed by atoms with Gasteiger partial charge in [0.25, 0.3) is 0 Å². The minimum absolute atomic E-state index is 0.651. The summed E-state index contributed by atoms with van der Waals surface area (Å²) < 4.78 is 6.28. The molecule has 0 aromatic rings. The molecule has 0 spiro atoms. The fraction of sp³-hybridized carbons (Fsp3) is 1.00. The van der Waals surface area contributed by atoms with E-state index in [0.29, 0.717) is 5.73 Å². The van der Waals surface area contributed by atoms with Crippen LogP contribution in [0.15, 0.2) is 0 Å². The summed E-state index contributed by atoms with van der Waals surface area (Å²) in [5, 5.41) is 0. The van der Waals surface area contributed by atoms with E-state index in [0.717, 1.165) is 12.1 Å². The Morgan fingerprint density at radius 3 is 1.38 bits per heavy atom. The molecule has 0 aromatic heterocycles. The lowest BCUT2D eigenvalue weighted by Crippen LogP contribution is -2.49. The van der Waals surface area contributed by atoms with E-state index in [-0.39, 0.29) is 0 Å². The average molecular weight is 353 g/mol. The largest absolute Gasteiger partial charge is 0.382 e. The Morgan fingerprint density at radius 1 is 0.542 bits per heavy atom. The van der Waals surface area contributed by atoms with E-state index in [2.05, 4.69) is 13.1 Å². The molecule has 1 aliphatic carbocycles. The van der Waals surface area contributed by atoms with E-state index in [1.807, 2.05) is 0 Å². The highest BCUT2D eigenvalue weighted by molar-refractivity contribution is 6.80. The van der Waals surface area contributed by atoms with Crippen LogP contribution < -0.4 is 0 Å². The van der Waals surface area contributed by atoms with Crippen LogP contribution in [-0.2, 0) is 4.74 Å². The van der Waals surface area contributed by atoms with Gasteiger partial charge >= 0.3 is 0 Å². The van der Waals surface area contributed by atoms with Gasteiger partial charge in [0, 0.05) is 12.3 Å². The summed E-state index contributed by atoms with van der Waals surface area (Å²) in [4.78, 5) is 0. The van der Waals surface area contributed by atoms with Gasteiger partial charge in [0.1, 0.15) is 0 Å². The Morgan fingerprint density at radius 2 is 0.958 bits per heavy atom. The van der Waals surface area contributed by atoms with Crippen LogP contribution >= 0.6 is 0 Å². The Hall–Kier alpha value is 0.177. The molecule has 2 fully saturated rings. The minimum Gasteiger partial charge on any atom is -0.382 e. The quantitative estimate of drug-likeness (QED) is 0.464. The van der Waals surface area contributed by atoms with E-state index in [4.69, 9.17) is 4.74 Å². The van der Waals surface area contributed by atoms with Gasteiger partial charge in [-0.1, -0.05) is 103 Å². The van der Waals surface area contributed by atoms with Gasteiger partial charge in [-0.05, 0) is 24.8 Å². The first kappa shape index (κ1) is 20.5. The van der Waals surface area contributed by atoms with Crippen LogP contribution in [0, 0.1) is 0 Å². The van der Waals surface area contributed by atoms with Gasteiger partial charge in [-0.15, -0.1) is 0 Å². The molecule has 1 saturated heterocycles. The first-order chi connectivity index (χ1) is 11.7. The highest BCUT2D eigenvalue weighted by atomic mass is 28.3. The van der Waals surface area contributed by atoms with E-state index in [1.54, 1.807) is 0 Å². The van der Waals surface area contributed by atoms with Crippen molar-refractivity contribution in [2.45, 2.75) is 134 Å². The summed E-state index contributed by atoms with van der Waals surface area (Å²) in [5.41, 5.74) is 1.66. The Balaban J connectivity index is 1.87. The van der Waals surface area contributed by atoms with Gasteiger partial charge in [-0.25, -0.2) is 0 Å². The molecule has 0 radical (unpaired) electrons. The molecular weight excluding hydrogens is 308 g/mol. The average Bonchev–Trinajstić information content (AvgIpc) is 2.61. The fourth-order valence-corrected chi connectivity index (χ4v) is 8.95. The molecule has 2 aliphatic rings. The molecule has 1 nitrogen and oxygen atoms in total. The van der Waals surface area contributed by atoms with Crippen molar-refractivity contribution < 1.29 is 4.74 Å². The van der Waals surface area contributed by atoms with Crippen LogP contribution in [0.25, 0.3) is 0 Å². The van der Waals surface area contributed by atoms with Crippen molar-refractivity contribution in [2.75, 3.05) is 6.61 Å². The Labute approximate surface area is 153 Å². The van der Waals surface area contributed by atoms with Crippen molar-refractivity contribution in [1.29, 1.82) is 0 Å². The molecule has 142 valence electrons. The third kappa shape index (κ3) is 7.20. The van der Waals surface area contributed by atoms with Crippen LogP contribution in [0.1, 0.15) is 109 Å². The van der Waals surface area contributed by atoms with Gasteiger partial charge < -0.3 is 4.74 Å². The summed E-state index contributed by atoms with van der Waals surface area (Å²) in [5.74, 6) is 0. The molecular formula is C22H44OSi. The van der Waals surface area contributed by atoms with Crippen LogP contribution in [-0.4, -0.2) is 20.4 Å². The highest BCUT2D eigenvalue weighted by Crippen LogP contribution is 2.39. The summed E-state index contributed by atoms with van der Waals surface area (Å²) in [6.45, 7) is 6.34. The maximum Gasteiger partial charge on any atom is 0.0846 e. The van der Waals surface area contributed by atoms with Crippen LogP contribution in [0.2, 0.25) is 18.6 Å². The van der Waals surface area contributed by atoms with Crippen molar-refractivity contribution >= 4 is 8.07 Å². The maximum atomic E-state index is 6.28. The van der Waals surface area contributed by atoms with E-state index in [9.17, 15) is 0 Å². The molecule has 0 N–H and O–H groups in total. The zero-order valence-corrected chi connectivity index (χ0v) is 17.8. The minimum atomic E-state index is -1.28. The number of rotatable bonds is 2. The molecule has 1 aliphatic heterocycles. The number of hydrogen-bond acceptors (Lipinski definition) is 1. The monoisotopic (exact) mass is 352 g/mol. The predicted octanol–water partition coefficient (Wildman–Crippen LogP) is 7.65. The maximum absolute atomic E-state index is 6.28. The summed E-state index contributed by atoms with van der Waals surface area (Å²) >= 11 is 0. The molecule has 1 unspecified atom stereocenters. The van der Waals surface area contributed by atoms with Crippen molar-refractivity contribution in [2.24, 2.45) is 0 Å². The summed E-state index contributed by atoms with van der Waals surface area (Å²) in [6, 6.07) is 0. The molecule has 0 bridgehead atoms. The second-order valence-corrected chi connectivity index (χ2v) is 14.3. The van der Waals surface area contributed by atoms with Crippen LogP contribution in [0.5, 0.6) is 0 Å². The topological polar surface area (TPSA) is 9.23 Å². The highest BCUT2D eigenvalue weighted by Gasteiger charge is 2.40. The molecule has 2 heteroatoms. The van der Waals surface area contributed by atoms with Crippen molar-refractivity contribution in [1.82, 2.24) is 0 Å². The van der Waals surface area contributed by atoms with Crippen LogP contribution in [0.3, 0.4) is 0 Å². The van der Waals surface area contributed by atoms with E-state index < -0.39 is 8.07 Å². The lowest BCUT2D eigenvalue weighted by Gasteiger charge is -2.41. The fourth-order valence-electron chi connectivity index (χ4n) is 5.03. The van der Waals surface area contributed by atoms with E-state index >= 15 is 0 Å². The van der Waals surface area contributed by atoms with Crippen molar-refractivity contribution in [3.8, 4) is 0 Å². The molecule has 0 amide bonds. The third-order valence-electron chi connectivity index (χ3n) is 6.92. The SMILES string of the molecule is C[Si](C)(C1CCCCCCCCCCCCCC1)C1CCCCO1. The Kier molecular flexibility index (Phi) is 10.0. The molecule has 1 saturated carbocycles. The third-order valence-corrected chi connectivity index (χ3v) is 11.7. The smallest absolute Gasteiger partial charge is 0.0846 e. The lowest BCUT2D eigenvalue weighted by atomic mass is 10.0. The predicted molar refractivity (Wildman–Crippen MR) is 109 cm³/mol. The molecule has 24 heavy (non-hydrogen) atoms. The van der Waals surface area contributed by atoms with Gasteiger partial charge in [-0.2, -0.15) is 0 Å². The summed E-state index contributed by atoms with van der Waals surface area (Å²) in [6.07, 6.45) is 24.9. The zero-order chi connectivity index (χ0) is 17.1. The molecule has 2 rings (SSSR count). The second-order valence-electron chi connectivity index (χ2n) is 9.19. The van der Waals surface area contributed by atoms with Gasteiger partial charge in [-0.3, -0.25) is 0 Å². The standard InChI is InChI=1S/C22H44OSi/c1-24(2,22-19-15-16-20-23-22)21-17-13-11-9-7-5-3-4-6-8-10-12-14-18-21/h21-22H,3-20H2,1-2H3. The first-order valence-electron chi connectivity index (χ1n) is 11.3. The van der Waals surface area contributed by atoms with Gasteiger partial charge in [0.05, 0.1) is 8.07 Å². The first-order valence-corrected chi connectivity index (χ1v) is 14.5. The zero-order valence-electron chi connectivity index (χ0n) is 16.8. The van der Waals surface area contributed by atoms with Crippen molar-refractivity contribution in [3.05, 3.63) is 0 Å². The number of ether oxygens (including phenoxy) is 1. The molecule has 1 heterocycles. The second kappa shape index (κ2) is 11.7. The van der Waals surface area contributed by atoms with Crippen molar-refractivity contribution in [3.63, 3.8) is 0 Å². The Bertz CT molecular complexity index is 293.